The predicted molar refractivity (Wildman–Crippen MR) is 76.0 cm³/mol. The molecule has 1 heterocycles. The first-order chi connectivity index (χ1) is 8.54. The molecule has 1 aromatic heterocycles. The summed E-state index contributed by atoms with van der Waals surface area (Å²) in [6, 6.07) is 10.0. The van der Waals surface area contributed by atoms with E-state index in [0.717, 1.165) is 17.7 Å². The smallest absolute Gasteiger partial charge is 0.218 e. The molecule has 0 spiro atoms. The third kappa shape index (κ3) is 3.44. The second kappa shape index (κ2) is 5.68. The molecule has 0 unspecified atom stereocenters. The van der Waals surface area contributed by atoms with Gasteiger partial charge in [-0.3, -0.25) is 0 Å². The number of halogens is 2. The molecule has 0 fully saturated rings. The van der Waals surface area contributed by atoms with Crippen LogP contribution in [0.4, 0.5) is 0 Å². The first-order valence-electron chi connectivity index (χ1n) is 5.84. The van der Waals surface area contributed by atoms with E-state index < -0.39 is 0 Å². The Morgan fingerprint density at radius 1 is 1.06 bits per heavy atom. The van der Waals surface area contributed by atoms with Crippen LogP contribution in [0.5, 0.6) is 0 Å². The Hall–Kier alpha value is -1.12. The van der Waals surface area contributed by atoms with Crippen molar-refractivity contribution in [3.05, 3.63) is 46.3 Å². The van der Waals surface area contributed by atoms with E-state index in [4.69, 9.17) is 23.2 Å². The van der Waals surface area contributed by atoms with E-state index in [-0.39, 0.29) is 5.28 Å². The molecule has 0 atom stereocenters. The van der Waals surface area contributed by atoms with E-state index in [1.807, 2.05) is 12.1 Å². The van der Waals surface area contributed by atoms with Gasteiger partial charge in [-0.15, -0.1) is 0 Å². The minimum Gasteiger partial charge on any atom is -0.218 e. The number of benzene rings is 1. The van der Waals surface area contributed by atoms with Crippen molar-refractivity contribution in [1.29, 1.82) is 0 Å². The Bertz CT molecular complexity index is 516. The highest BCUT2D eigenvalue weighted by atomic mass is 35.5. The molecule has 1 aromatic carbocycles. The fourth-order valence-electron chi connectivity index (χ4n) is 1.82. The van der Waals surface area contributed by atoms with Crippen LogP contribution in [0, 0.1) is 5.92 Å². The van der Waals surface area contributed by atoms with E-state index in [1.165, 1.54) is 5.56 Å². The maximum atomic E-state index is 5.86. The summed E-state index contributed by atoms with van der Waals surface area (Å²) in [4.78, 5) is 8.00. The second-order valence-electron chi connectivity index (χ2n) is 4.64. The lowest BCUT2D eigenvalue weighted by molar-refractivity contribution is 0.647. The van der Waals surface area contributed by atoms with Crippen molar-refractivity contribution in [3.63, 3.8) is 0 Å². The molecule has 0 radical (unpaired) electrons. The molecule has 2 rings (SSSR count). The molecule has 0 aliphatic heterocycles. The zero-order valence-electron chi connectivity index (χ0n) is 10.3. The number of hydrogen-bond acceptors (Lipinski definition) is 2. The number of aromatic nitrogens is 2. The lowest BCUT2D eigenvalue weighted by Gasteiger charge is -2.06. The minimum atomic E-state index is 0.170. The molecule has 2 nitrogen and oxygen atoms in total. The number of rotatable bonds is 3. The van der Waals surface area contributed by atoms with Gasteiger partial charge < -0.3 is 0 Å². The highest BCUT2D eigenvalue weighted by Crippen LogP contribution is 2.22. The molecular formula is C14H14Cl2N2. The van der Waals surface area contributed by atoms with E-state index in [2.05, 4.69) is 35.9 Å². The maximum absolute atomic E-state index is 5.86. The molecule has 0 amide bonds. The molecule has 0 bridgehead atoms. The van der Waals surface area contributed by atoms with Gasteiger partial charge in [0.2, 0.25) is 5.28 Å². The van der Waals surface area contributed by atoms with E-state index >= 15 is 0 Å². The van der Waals surface area contributed by atoms with Crippen molar-refractivity contribution in [1.82, 2.24) is 9.97 Å². The van der Waals surface area contributed by atoms with Crippen LogP contribution in [0.25, 0.3) is 11.3 Å². The van der Waals surface area contributed by atoms with Crippen LogP contribution in [0.1, 0.15) is 19.4 Å². The highest BCUT2D eigenvalue weighted by molar-refractivity contribution is 6.32. The van der Waals surface area contributed by atoms with Crippen LogP contribution < -0.4 is 0 Å². The van der Waals surface area contributed by atoms with Gasteiger partial charge in [0.1, 0.15) is 5.15 Å². The molecule has 18 heavy (non-hydrogen) atoms. The van der Waals surface area contributed by atoms with Crippen LogP contribution >= 0.6 is 23.2 Å². The average Bonchev–Trinajstić information content (AvgIpc) is 2.27. The first kappa shape index (κ1) is 13.3. The van der Waals surface area contributed by atoms with Crippen molar-refractivity contribution in [3.8, 4) is 11.3 Å². The minimum absolute atomic E-state index is 0.170. The molecule has 0 saturated carbocycles. The van der Waals surface area contributed by atoms with Crippen molar-refractivity contribution >= 4 is 23.2 Å². The summed E-state index contributed by atoms with van der Waals surface area (Å²) in [7, 11) is 0. The zero-order chi connectivity index (χ0) is 13.1. The molecule has 94 valence electrons. The van der Waals surface area contributed by atoms with Gasteiger partial charge in [0.05, 0.1) is 5.69 Å². The van der Waals surface area contributed by atoms with Crippen LogP contribution in [0.2, 0.25) is 10.4 Å². The molecule has 4 heteroatoms. The zero-order valence-corrected chi connectivity index (χ0v) is 11.8. The number of nitrogens with zero attached hydrogens (tertiary/aromatic N) is 2. The largest absolute Gasteiger partial charge is 0.224 e. The maximum Gasteiger partial charge on any atom is 0.224 e. The van der Waals surface area contributed by atoms with Gasteiger partial charge in [0.15, 0.2) is 0 Å². The summed E-state index contributed by atoms with van der Waals surface area (Å²) in [6.45, 7) is 4.41. The summed E-state index contributed by atoms with van der Waals surface area (Å²) in [6.07, 6.45) is 1.07. The van der Waals surface area contributed by atoms with Crippen molar-refractivity contribution in [2.75, 3.05) is 0 Å². The Kier molecular flexibility index (Phi) is 4.20. The van der Waals surface area contributed by atoms with E-state index in [9.17, 15) is 0 Å². The van der Waals surface area contributed by atoms with Crippen molar-refractivity contribution < 1.29 is 0 Å². The molecule has 0 N–H and O–H groups in total. The lowest BCUT2D eigenvalue weighted by Crippen LogP contribution is -1.94. The standard InChI is InChI=1S/C14H14Cl2N2/c1-9(2)7-10-3-5-11(6-4-10)12-8-13(15)18-14(16)17-12/h3-6,8-9H,7H2,1-2H3. The first-order valence-corrected chi connectivity index (χ1v) is 6.59. The highest BCUT2D eigenvalue weighted by Gasteiger charge is 2.05. The molecule has 0 saturated heterocycles. The van der Waals surface area contributed by atoms with Crippen LogP contribution in [-0.2, 0) is 6.42 Å². The lowest BCUT2D eigenvalue weighted by atomic mass is 10.0. The Morgan fingerprint density at radius 3 is 2.28 bits per heavy atom. The topological polar surface area (TPSA) is 25.8 Å². The van der Waals surface area contributed by atoms with Gasteiger partial charge >= 0.3 is 0 Å². The summed E-state index contributed by atoms with van der Waals surface area (Å²) >= 11 is 11.7. The predicted octanol–water partition coefficient (Wildman–Crippen LogP) is 4.65. The Morgan fingerprint density at radius 2 is 1.72 bits per heavy atom. The fourth-order valence-corrected chi connectivity index (χ4v) is 2.23. The molecule has 2 aromatic rings. The van der Waals surface area contributed by atoms with Crippen LogP contribution in [-0.4, -0.2) is 9.97 Å². The third-order valence-electron chi connectivity index (χ3n) is 2.56. The molecule has 0 aliphatic carbocycles. The van der Waals surface area contributed by atoms with Crippen molar-refractivity contribution in [2.24, 2.45) is 5.92 Å². The number of hydrogen-bond donors (Lipinski definition) is 0. The summed E-state index contributed by atoms with van der Waals surface area (Å²) in [5.74, 6) is 0.652. The van der Waals surface area contributed by atoms with E-state index in [0.29, 0.717) is 11.1 Å². The Balaban J connectivity index is 2.28. The second-order valence-corrected chi connectivity index (χ2v) is 5.37. The SMILES string of the molecule is CC(C)Cc1ccc(-c2cc(Cl)nc(Cl)n2)cc1. The summed E-state index contributed by atoms with van der Waals surface area (Å²) < 4.78 is 0. The Labute approximate surface area is 117 Å². The third-order valence-corrected chi connectivity index (χ3v) is 2.92. The van der Waals surface area contributed by atoms with Gasteiger partial charge in [0, 0.05) is 11.6 Å². The van der Waals surface area contributed by atoms with E-state index in [1.54, 1.807) is 6.07 Å². The van der Waals surface area contributed by atoms with Gasteiger partial charge in [-0.1, -0.05) is 49.7 Å². The monoisotopic (exact) mass is 280 g/mol. The van der Waals surface area contributed by atoms with Crippen molar-refractivity contribution in [2.45, 2.75) is 20.3 Å². The fraction of sp³-hybridized carbons (Fsp3) is 0.286. The average molecular weight is 281 g/mol. The normalized spacial score (nSPS) is 10.9. The summed E-state index contributed by atoms with van der Waals surface area (Å²) in [5.41, 5.74) is 3.06. The van der Waals surface area contributed by atoms with Gasteiger partial charge in [-0.25, -0.2) is 9.97 Å². The quantitative estimate of drug-likeness (QED) is 0.604. The molecular weight excluding hydrogens is 267 g/mol. The van der Waals surface area contributed by atoms with Crippen LogP contribution in [0.15, 0.2) is 30.3 Å². The van der Waals surface area contributed by atoms with Gasteiger partial charge in [0.25, 0.3) is 0 Å². The van der Waals surface area contributed by atoms with Crippen LogP contribution in [0.3, 0.4) is 0 Å². The van der Waals surface area contributed by atoms with Gasteiger partial charge in [-0.2, -0.15) is 0 Å². The van der Waals surface area contributed by atoms with Gasteiger partial charge in [-0.05, 0) is 29.5 Å². The summed E-state index contributed by atoms with van der Waals surface area (Å²) in [5, 5.41) is 0.528. The molecule has 0 aliphatic rings.